The highest BCUT2D eigenvalue weighted by Crippen LogP contribution is 2.26. The van der Waals surface area contributed by atoms with Gasteiger partial charge in [0, 0.05) is 41.2 Å². The number of fused-ring (bicyclic) bond motifs is 2. The highest BCUT2D eigenvalue weighted by atomic mass is 16.4. The zero-order valence-corrected chi connectivity index (χ0v) is 15.5. The number of carboxylic acids is 1. The molecule has 0 radical (unpaired) electrons. The Balaban J connectivity index is 1.58. The summed E-state index contributed by atoms with van der Waals surface area (Å²) in [6.07, 6.45) is 3.87. The fourth-order valence-corrected chi connectivity index (χ4v) is 3.95. The number of amides is 1. The van der Waals surface area contributed by atoms with Gasteiger partial charge in [0.15, 0.2) is 5.78 Å². The number of rotatable bonds is 5. The van der Waals surface area contributed by atoms with Gasteiger partial charge in [-0.2, -0.15) is 0 Å². The van der Waals surface area contributed by atoms with Gasteiger partial charge in [0.1, 0.15) is 11.7 Å². The van der Waals surface area contributed by atoms with Gasteiger partial charge in [0.05, 0.1) is 0 Å². The first kappa shape index (κ1) is 18.0. The normalized spacial score (nSPS) is 14.7. The van der Waals surface area contributed by atoms with Crippen LogP contribution in [0, 0.1) is 6.92 Å². The number of para-hydroxylation sites is 1. The van der Waals surface area contributed by atoms with Gasteiger partial charge in [-0.25, -0.2) is 4.79 Å². The number of carboxylic acid groups (broad SMARTS) is 1. The summed E-state index contributed by atoms with van der Waals surface area (Å²) in [5, 5.41) is 13.2. The number of hydrogen-bond donors (Lipinski definition) is 4. The van der Waals surface area contributed by atoms with Crippen molar-refractivity contribution in [1.29, 1.82) is 0 Å². The molecule has 7 nitrogen and oxygen atoms in total. The average molecular weight is 379 g/mol. The summed E-state index contributed by atoms with van der Waals surface area (Å²) in [6.45, 7) is 1.73. The molecule has 0 spiro atoms. The average Bonchev–Trinajstić information content (AvgIpc) is 3.23. The van der Waals surface area contributed by atoms with E-state index in [1.54, 1.807) is 13.1 Å². The van der Waals surface area contributed by atoms with Crippen molar-refractivity contribution in [2.75, 3.05) is 0 Å². The van der Waals surface area contributed by atoms with E-state index in [4.69, 9.17) is 0 Å². The zero-order chi connectivity index (χ0) is 19.8. The quantitative estimate of drug-likeness (QED) is 0.545. The molecule has 1 amide bonds. The van der Waals surface area contributed by atoms with Crippen molar-refractivity contribution < 1.29 is 19.5 Å². The van der Waals surface area contributed by atoms with Gasteiger partial charge in [-0.3, -0.25) is 9.59 Å². The number of aromatic nitrogens is 2. The summed E-state index contributed by atoms with van der Waals surface area (Å²) in [4.78, 5) is 42.9. The molecular formula is C21H21N3O4. The molecule has 4 rings (SSSR count). The molecule has 1 atom stereocenters. The number of aliphatic carboxylic acids is 1. The number of carbonyl (C=O) groups is 3. The molecule has 0 fully saturated rings. The molecule has 1 aliphatic rings. The van der Waals surface area contributed by atoms with E-state index in [0.29, 0.717) is 24.0 Å². The van der Waals surface area contributed by atoms with E-state index in [-0.39, 0.29) is 17.9 Å². The van der Waals surface area contributed by atoms with E-state index in [2.05, 4.69) is 15.3 Å². The van der Waals surface area contributed by atoms with Crippen LogP contribution in [0.25, 0.3) is 10.9 Å². The number of aromatic amines is 2. The number of hydrogen-bond acceptors (Lipinski definition) is 3. The Morgan fingerprint density at radius 1 is 1.25 bits per heavy atom. The molecule has 4 N–H and O–H groups in total. The molecule has 0 aliphatic heterocycles. The van der Waals surface area contributed by atoms with E-state index in [1.807, 2.05) is 24.3 Å². The summed E-state index contributed by atoms with van der Waals surface area (Å²) in [5.41, 5.74) is 3.95. The highest BCUT2D eigenvalue weighted by molar-refractivity contribution is 6.04. The van der Waals surface area contributed by atoms with Gasteiger partial charge < -0.3 is 20.4 Å². The second-order valence-corrected chi connectivity index (χ2v) is 7.18. The van der Waals surface area contributed by atoms with Crippen molar-refractivity contribution >= 4 is 28.6 Å². The third-order valence-corrected chi connectivity index (χ3v) is 5.37. The van der Waals surface area contributed by atoms with Gasteiger partial charge >= 0.3 is 5.97 Å². The van der Waals surface area contributed by atoms with Gasteiger partial charge in [-0.15, -0.1) is 0 Å². The van der Waals surface area contributed by atoms with Crippen LogP contribution < -0.4 is 5.32 Å². The maximum absolute atomic E-state index is 12.8. The van der Waals surface area contributed by atoms with E-state index >= 15 is 0 Å². The van der Waals surface area contributed by atoms with Gasteiger partial charge in [0.25, 0.3) is 5.91 Å². The smallest absolute Gasteiger partial charge is 0.326 e. The number of Topliss-reactive ketones (excluding diaryl/α,β-unsaturated/α-hetero) is 1. The van der Waals surface area contributed by atoms with E-state index in [9.17, 15) is 19.5 Å². The Hall–Kier alpha value is -3.35. The first-order chi connectivity index (χ1) is 13.5. The minimum Gasteiger partial charge on any atom is -0.480 e. The van der Waals surface area contributed by atoms with Crippen LogP contribution in [-0.2, 0) is 17.6 Å². The van der Waals surface area contributed by atoms with E-state index < -0.39 is 17.9 Å². The van der Waals surface area contributed by atoms with Crippen LogP contribution in [0.15, 0.2) is 30.5 Å². The van der Waals surface area contributed by atoms with E-state index in [0.717, 1.165) is 28.6 Å². The molecule has 0 saturated heterocycles. The predicted octanol–water partition coefficient (Wildman–Crippen LogP) is 2.75. The lowest BCUT2D eigenvalue weighted by Gasteiger charge is -2.14. The maximum Gasteiger partial charge on any atom is 0.326 e. The number of carbonyl (C=O) groups excluding carboxylic acids is 2. The first-order valence-electron chi connectivity index (χ1n) is 9.29. The lowest BCUT2D eigenvalue weighted by Crippen LogP contribution is -2.42. The van der Waals surface area contributed by atoms with Crippen molar-refractivity contribution in [2.24, 2.45) is 0 Å². The van der Waals surface area contributed by atoms with Crippen LogP contribution in [-0.4, -0.2) is 38.8 Å². The number of H-pyrrole nitrogens is 2. The van der Waals surface area contributed by atoms with E-state index in [1.165, 1.54) is 0 Å². The first-order valence-corrected chi connectivity index (χ1v) is 9.29. The number of aryl methyl sites for hydroxylation is 1. The fourth-order valence-electron chi connectivity index (χ4n) is 3.95. The number of benzene rings is 1. The molecule has 3 aromatic rings. The van der Waals surface area contributed by atoms with Crippen molar-refractivity contribution in [3.8, 4) is 0 Å². The van der Waals surface area contributed by atoms with Crippen LogP contribution in [0.3, 0.4) is 0 Å². The Morgan fingerprint density at radius 2 is 2.04 bits per heavy atom. The SMILES string of the molecule is Cc1c(C(=O)NC(Cc2c[nH]c3ccccc23)C(=O)O)[nH]c2c1C(=O)CCC2. The van der Waals surface area contributed by atoms with Crippen molar-refractivity contribution in [3.63, 3.8) is 0 Å². The van der Waals surface area contributed by atoms with Crippen molar-refractivity contribution in [2.45, 2.75) is 38.6 Å². The number of nitrogens with one attached hydrogen (secondary N) is 3. The Kier molecular flexibility index (Phi) is 4.50. The largest absolute Gasteiger partial charge is 0.480 e. The van der Waals surface area contributed by atoms with Crippen LogP contribution in [0.5, 0.6) is 0 Å². The molecule has 1 unspecified atom stereocenters. The highest BCUT2D eigenvalue weighted by Gasteiger charge is 2.29. The Labute approximate surface area is 161 Å². The van der Waals surface area contributed by atoms with Gasteiger partial charge in [-0.05, 0) is 37.0 Å². The zero-order valence-electron chi connectivity index (χ0n) is 15.5. The fraction of sp³-hybridized carbons (Fsp3) is 0.286. The van der Waals surface area contributed by atoms with Gasteiger partial charge in [-0.1, -0.05) is 18.2 Å². The lowest BCUT2D eigenvalue weighted by molar-refractivity contribution is -0.139. The monoisotopic (exact) mass is 379 g/mol. The third kappa shape index (κ3) is 3.09. The predicted molar refractivity (Wildman–Crippen MR) is 104 cm³/mol. The van der Waals surface area contributed by atoms with Crippen LogP contribution >= 0.6 is 0 Å². The Bertz CT molecular complexity index is 1090. The maximum atomic E-state index is 12.8. The van der Waals surface area contributed by atoms with Crippen LogP contribution in [0.1, 0.15) is 50.5 Å². The molecule has 2 aromatic heterocycles. The summed E-state index contributed by atoms with van der Waals surface area (Å²) in [5.74, 6) is -1.58. The molecule has 144 valence electrons. The van der Waals surface area contributed by atoms with Crippen molar-refractivity contribution in [1.82, 2.24) is 15.3 Å². The molecule has 0 bridgehead atoms. The van der Waals surface area contributed by atoms with Gasteiger partial charge in [0.2, 0.25) is 0 Å². The molecule has 2 heterocycles. The standard InChI is InChI=1S/C21H21N3O4/c1-11-18-15(7-4-8-17(18)25)23-19(11)20(26)24-16(21(27)28)9-12-10-22-14-6-3-2-5-13(12)14/h2-3,5-6,10,16,22-23H,4,7-9H2,1H3,(H,24,26)(H,27,28). The lowest BCUT2D eigenvalue weighted by atomic mass is 9.94. The summed E-state index contributed by atoms with van der Waals surface area (Å²) in [7, 11) is 0. The minimum atomic E-state index is -1.11. The van der Waals surface area contributed by atoms with Crippen LogP contribution in [0.4, 0.5) is 0 Å². The molecule has 1 aliphatic carbocycles. The van der Waals surface area contributed by atoms with Crippen molar-refractivity contribution in [3.05, 3.63) is 58.5 Å². The molecule has 0 saturated carbocycles. The molecule has 7 heteroatoms. The second kappa shape index (κ2) is 6.99. The summed E-state index contributed by atoms with van der Waals surface area (Å²) in [6, 6.07) is 6.53. The minimum absolute atomic E-state index is 0.0302. The summed E-state index contributed by atoms with van der Waals surface area (Å²) >= 11 is 0. The molecule has 28 heavy (non-hydrogen) atoms. The summed E-state index contributed by atoms with van der Waals surface area (Å²) < 4.78 is 0. The topological polar surface area (TPSA) is 115 Å². The molecule has 1 aromatic carbocycles. The number of ketones is 1. The second-order valence-electron chi connectivity index (χ2n) is 7.18. The van der Waals surface area contributed by atoms with Crippen LogP contribution in [0.2, 0.25) is 0 Å². The molecular weight excluding hydrogens is 358 g/mol. The third-order valence-electron chi connectivity index (χ3n) is 5.37. The Morgan fingerprint density at radius 3 is 2.79 bits per heavy atom.